The predicted molar refractivity (Wildman–Crippen MR) is 77.9 cm³/mol. The molecule has 0 aliphatic carbocycles. The number of carbonyl (C=O) groups is 1. The van der Waals surface area contributed by atoms with E-state index < -0.39 is 0 Å². The Morgan fingerprint density at radius 1 is 1.22 bits per heavy atom. The van der Waals surface area contributed by atoms with E-state index in [1.807, 2.05) is 20.9 Å². The highest BCUT2D eigenvalue weighted by Gasteiger charge is 2.05. The van der Waals surface area contributed by atoms with Gasteiger partial charge < -0.3 is 10.6 Å². The van der Waals surface area contributed by atoms with E-state index in [1.54, 1.807) is 11.8 Å². The van der Waals surface area contributed by atoms with Crippen molar-refractivity contribution >= 4 is 17.7 Å². The van der Waals surface area contributed by atoms with Crippen molar-refractivity contribution in [2.75, 3.05) is 12.8 Å². The number of benzene rings is 1. The fourth-order valence-electron chi connectivity index (χ4n) is 1.53. The zero-order valence-corrected chi connectivity index (χ0v) is 12.3. The zero-order valence-electron chi connectivity index (χ0n) is 11.5. The molecule has 100 valence electrons. The van der Waals surface area contributed by atoms with Gasteiger partial charge in [-0.2, -0.15) is 0 Å². The lowest BCUT2D eigenvalue weighted by atomic mass is 10.1. The fourth-order valence-corrected chi connectivity index (χ4v) is 2.24. The largest absolute Gasteiger partial charge is 0.353 e. The van der Waals surface area contributed by atoms with Gasteiger partial charge in [-0.1, -0.05) is 12.1 Å². The summed E-state index contributed by atoms with van der Waals surface area (Å²) in [5, 5.41) is 6.08. The lowest BCUT2D eigenvalue weighted by molar-refractivity contribution is -0.119. The molecule has 0 heterocycles. The predicted octanol–water partition coefficient (Wildman–Crippen LogP) is 2.58. The number of carbonyl (C=O) groups excluding carboxylic acids is 1. The van der Waals surface area contributed by atoms with Crippen LogP contribution in [0.1, 0.15) is 32.4 Å². The smallest absolute Gasteiger partial charge is 0.230 e. The second-order valence-electron chi connectivity index (χ2n) is 4.59. The summed E-state index contributed by atoms with van der Waals surface area (Å²) in [4.78, 5) is 12.6. The lowest BCUT2D eigenvalue weighted by Gasteiger charge is -2.11. The van der Waals surface area contributed by atoms with E-state index in [1.165, 1.54) is 5.56 Å². The molecule has 0 fully saturated rings. The van der Waals surface area contributed by atoms with Gasteiger partial charge in [0.1, 0.15) is 0 Å². The third-order valence-corrected chi connectivity index (χ3v) is 3.64. The van der Waals surface area contributed by atoms with E-state index in [0.29, 0.717) is 11.8 Å². The Labute approximate surface area is 114 Å². The van der Waals surface area contributed by atoms with Crippen molar-refractivity contribution in [1.82, 2.24) is 10.6 Å². The maximum absolute atomic E-state index is 11.5. The molecule has 1 aromatic rings. The molecule has 18 heavy (non-hydrogen) atoms. The third kappa shape index (κ3) is 5.10. The molecule has 1 atom stereocenters. The summed E-state index contributed by atoms with van der Waals surface area (Å²) < 4.78 is 0. The minimum atomic E-state index is 0.0858. The molecule has 4 heteroatoms. The molecule has 0 aromatic heterocycles. The number of rotatable bonds is 6. The van der Waals surface area contributed by atoms with Gasteiger partial charge in [-0.25, -0.2) is 0 Å². The van der Waals surface area contributed by atoms with Gasteiger partial charge in [0.2, 0.25) is 5.91 Å². The van der Waals surface area contributed by atoms with E-state index in [-0.39, 0.29) is 11.9 Å². The van der Waals surface area contributed by atoms with Gasteiger partial charge in [-0.15, -0.1) is 11.8 Å². The van der Waals surface area contributed by atoms with Gasteiger partial charge in [0.25, 0.3) is 0 Å². The van der Waals surface area contributed by atoms with E-state index in [2.05, 4.69) is 41.8 Å². The summed E-state index contributed by atoms with van der Waals surface area (Å²) in [6, 6.07) is 8.89. The number of amides is 1. The fraction of sp³-hybridized carbons (Fsp3) is 0.500. The molecule has 0 aliphatic rings. The molecule has 0 aliphatic heterocycles. The van der Waals surface area contributed by atoms with Crippen LogP contribution in [0.3, 0.4) is 0 Å². The number of thioether (sulfide) groups is 1. The molecule has 1 amide bonds. The van der Waals surface area contributed by atoms with Crippen LogP contribution in [0.15, 0.2) is 29.2 Å². The molecule has 0 radical (unpaired) electrons. The summed E-state index contributed by atoms with van der Waals surface area (Å²) >= 11 is 1.57. The van der Waals surface area contributed by atoms with Crippen molar-refractivity contribution in [3.05, 3.63) is 29.8 Å². The first-order chi connectivity index (χ1) is 8.52. The minimum Gasteiger partial charge on any atom is -0.353 e. The first-order valence-electron chi connectivity index (χ1n) is 6.22. The molecular weight excluding hydrogens is 244 g/mol. The molecule has 0 spiro atoms. The molecule has 3 nitrogen and oxygen atoms in total. The monoisotopic (exact) mass is 266 g/mol. The molecule has 1 aromatic carbocycles. The van der Waals surface area contributed by atoms with Crippen molar-refractivity contribution < 1.29 is 4.79 Å². The van der Waals surface area contributed by atoms with Crippen LogP contribution in [0.2, 0.25) is 0 Å². The number of hydrogen-bond donors (Lipinski definition) is 2. The van der Waals surface area contributed by atoms with Gasteiger partial charge in [0, 0.05) is 17.0 Å². The van der Waals surface area contributed by atoms with Crippen molar-refractivity contribution in [1.29, 1.82) is 0 Å². The lowest BCUT2D eigenvalue weighted by Crippen LogP contribution is -2.31. The van der Waals surface area contributed by atoms with Crippen LogP contribution in [0, 0.1) is 0 Å². The first kappa shape index (κ1) is 15.1. The van der Waals surface area contributed by atoms with Crippen molar-refractivity contribution in [2.45, 2.75) is 37.8 Å². The summed E-state index contributed by atoms with van der Waals surface area (Å²) in [6.07, 6.45) is 0. The van der Waals surface area contributed by atoms with Gasteiger partial charge in [0.15, 0.2) is 0 Å². The molecule has 0 bridgehead atoms. The van der Waals surface area contributed by atoms with Crippen LogP contribution >= 0.6 is 11.8 Å². The van der Waals surface area contributed by atoms with Crippen LogP contribution < -0.4 is 10.6 Å². The Balaban J connectivity index is 2.46. The second-order valence-corrected chi connectivity index (χ2v) is 5.64. The van der Waals surface area contributed by atoms with E-state index >= 15 is 0 Å². The standard InChI is InChI=1S/C14H22N2OS/c1-10(2)16-14(17)9-18-13-7-5-12(6-8-13)11(3)15-4/h5-8,10-11,15H,9H2,1-4H3,(H,16,17). The number of nitrogens with one attached hydrogen (secondary N) is 2. The van der Waals surface area contributed by atoms with Crippen LogP contribution in [0.25, 0.3) is 0 Å². The maximum Gasteiger partial charge on any atom is 0.230 e. The van der Waals surface area contributed by atoms with Gasteiger partial charge in [-0.05, 0) is 45.5 Å². The van der Waals surface area contributed by atoms with Crippen molar-refractivity contribution in [3.8, 4) is 0 Å². The highest BCUT2D eigenvalue weighted by molar-refractivity contribution is 8.00. The van der Waals surface area contributed by atoms with Gasteiger partial charge in [0.05, 0.1) is 5.75 Å². The Morgan fingerprint density at radius 2 is 1.83 bits per heavy atom. The molecule has 1 unspecified atom stereocenters. The second kappa shape index (κ2) is 7.44. The topological polar surface area (TPSA) is 41.1 Å². The van der Waals surface area contributed by atoms with Crippen LogP contribution in [-0.4, -0.2) is 24.7 Å². The summed E-state index contributed by atoms with van der Waals surface area (Å²) in [6.45, 7) is 6.06. The summed E-state index contributed by atoms with van der Waals surface area (Å²) in [5.41, 5.74) is 1.26. The van der Waals surface area contributed by atoms with E-state index in [0.717, 1.165) is 4.90 Å². The molecule has 2 N–H and O–H groups in total. The van der Waals surface area contributed by atoms with E-state index in [9.17, 15) is 4.79 Å². The van der Waals surface area contributed by atoms with Gasteiger partial charge in [-0.3, -0.25) is 4.79 Å². The summed E-state index contributed by atoms with van der Waals surface area (Å²) in [7, 11) is 1.95. The minimum absolute atomic E-state index is 0.0858. The highest BCUT2D eigenvalue weighted by atomic mass is 32.2. The van der Waals surface area contributed by atoms with Crippen LogP contribution in [0.5, 0.6) is 0 Å². The Bertz CT molecular complexity index is 376. The van der Waals surface area contributed by atoms with Crippen LogP contribution in [-0.2, 0) is 4.79 Å². The first-order valence-corrected chi connectivity index (χ1v) is 7.21. The average Bonchev–Trinajstić information content (AvgIpc) is 2.35. The zero-order chi connectivity index (χ0) is 13.5. The average molecular weight is 266 g/mol. The van der Waals surface area contributed by atoms with E-state index in [4.69, 9.17) is 0 Å². The quantitative estimate of drug-likeness (QED) is 0.778. The maximum atomic E-state index is 11.5. The Kier molecular flexibility index (Phi) is 6.22. The molecular formula is C14H22N2OS. The SMILES string of the molecule is CNC(C)c1ccc(SCC(=O)NC(C)C)cc1. The van der Waals surface area contributed by atoms with Gasteiger partial charge >= 0.3 is 0 Å². The highest BCUT2D eigenvalue weighted by Crippen LogP contribution is 2.20. The van der Waals surface area contributed by atoms with Crippen LogP contribution in [0.4, 0.5) is 0 Å². The van der Waals surface area contributed by atoms with Crippen molar-refractivity contribution in [2.24, 2.45) is 0 Å². The molecule has 1 rings (SSSR count). The Hall–Kier alpha value is -1.00. The number of hydrogen-bond acceptors (Lipinski definition) is 3. The van der Waals surface area contributed by atoms with Crippen molar-refractivity contribution in [3.63, 3.8) is 0 Å². The molecule has 0 saturated heterocycles. The summed E-state index contributed by atoms with van der Waals surface area (Å²) in [5.74, 6) is 0.557. The normalized spacial score (nSPS) is 12.5. The Morgan fingerprint density at radius 3 is 2.33 bits per heavy atom. The third-order valence-electron chi connectivity index (χ3n) is 2.63. The molecule has 0 saturated carbocycles.